The van der Waals surface area contributed by atoms with Gasteiger partial charge in [0.2, 0.25) is 5.91 Å². The van der Waals surface area contributed by atoms with Crippen LogP contribution in [0.15, 0.2) is 42.5 Å². The second-order valence-electron chi connectivity index (χ2n) is 7.65. The number of carbonyl (C=O) groups is 2. The Bertz CT molecular complexity index is 1100. The van der Waals surface area contributed by atoms with Gasteiger partial charge >= 0.3 is 0 Å². The Morgan fingerprint density at radius 1 is 1.00 bits per heavy atom. The molecule has 0 saturated carbocycles. The Morgan fingerprint density at radius 3 is 2.70 bits per heavy atom. The van der Waals surface area contributed by atoms with Crippen molar-refractivity contribution >= 4 is 23.2 Å². The number of hydrogen-bond donors (Lipinski definition) is 2. The van der Waals surface area contributed by atoms with Crippen LogP contribution in [0.2, 0.25) is 0 Å². The number of benzene rings is 2. The molecule has 154 valence electrons. The minimum absolute atomic E-state index is 0.177. The summed E-state index contributed by atoms with van der Waals surface area (Å²) in [5.41, 5.74) is 3.69. The van der Waals surface area contributed by atoms with Crippen LogP contribution in [0.4, 0.5) is 11.4 Å². The van der Waals surface area contributed by atoms with Crippen molar-refractivity contribution in [2.24, 2.45) is 0 Å². The summed E-state index contributed by atoms with van der Waals surface area (Å²) >= 11 is 0. The molecule has 0 bridgehead atoms. The van der Waals surface area contributed by atoms with Gasteiger partial charge in [-0.25, -0.2) is 0 Å². The van der Waals surface area contributed by atoms with E-state index in [2.05, 4.69) is 25.4 Å². The Labute approximate surface area is 175 Å². The van der Waals surface area contributed by atoms with E-state index in [0.717, 1.165) is 54.3 Å². The topological polar surface area (TPSA) is 88.9 Å². The third kappa shape index (κ3) is 4.25. The zero-order valence-electron chi connectivity index (χ0n) is 17.2. The maximum absolute atomic E-state index is 12.8. The molecule has 0 fully saturated rings. The molecule has 1 aliphatic rings. The fourth-order valence-corrected chi connectivity index (χ4v) is 3.73. The van der Waals surface area contributed by atoms with E-state index in [9.17, 15) is 9.59 Å². The van der Waals surface area contributed by atoms with Gasteiger partial charge in [-0.15, -0.1) is 10.2 Å². The molecule has 1 aromatic heterocycles. The largest absolute Gasteiger partial charge is 0.326 e. The van der Waals surface area contributed by atoms with Crippen LogP contribution < -0.4 is 10.6 Å². The van der Waals surface area contributed by atoms with Gasteiger partial charge in [-0.3, -0.25) is 9.59 Å². The van der Waals surface area contributed by atoms with E-state index < -0.39 is 0 Å². The highest BCUT2D eigenvalue weighted by molar-refractivity contribution is 6.05. The fraction of sp³-hybridized carbons (Fsp3) is 0.304. The number of nitrogens with zero attached hydrogens (tertiary/aromatic N) is 3. The van der Waals surface area contributed by atoms with Crippen molar-refractivity contribution in [1.29, 1.82) is 0 Å². The van der Waals surface area contributed by atoms with Gasteiger partial charge in [-0.2, -0.15) is 0 Å². The smallest absolute Gasteiger partial charge is 0.255 e. The molecule has 2 amide bonds. The lowest BCUT2D eigenvalue weighted by Gasteiger charge is -2.12. The number of carbonyl (C=O) groups excluding carboxylic acids is 2. The molecule has 0 radical (unpaired) electrons. The van der Waals surface area contributed by atoms with Crippen molar-refractivity contribution in [3.63, 3.8) is 0 Å². The normalized spacial score (nSPS) is 13.3. The number of aromatic nitrogens is 3. The van der Waals surface area contributed by atoms with E-state index in [4.69, 9.17) is 0 Å². The van der Waals surface area contributed by atoms with Crippen molar-refractivity contribution in [1.82, 2.24) is 14.8 Å². The molecular formula is C23H25N5O2. The van der Waals surface area contributed by atoms with Crippen molar-refractivity contribution < 1.29 is 9.59 Å². The summed E-state index contributed by atoms with van der Waals surface area (Å²) in [7, 11) is 0. The van der Waals surface area contributed by atoms with Crippen molar-refractivity contribution in [2.75, 3.05) is 10.6 Å². The average molecular weight is 403 g/mol. The van der Waals surface area contributed by atoms with Gasteiger partial charge < -0.3 is 15.2 Å². The number of anilines is 2. The third-order valence-electron chi connectivity index (χ3n) is 5.30. The number of aryl methyl sites for hydroxylation is 2. The zero-order valence-corrected chi connectivity index (χ0v) is 17.2. The summed E-state index contributed by atoms with van der Waals surface area (Å²) in [6.07, 6.45) is 4.42. The van der Waals surface area contributed by atoms with Gasteiger partial charge in [-0.05, 0) is 49.6 Å². The molecule has 4 rings (SSSR count). The lowest BCUT2D eigenvalue weighted by molar-refractivity contribution is -0.114. The molecule has 2 heterocycles. The molecule has 2 N–H and O–H groups in total. The van der Waals surface area contributed by atoms with Gasteiger partial charge in [0.05, 0.1) is 0 Å². The lowest BCUT2D eigenvalue weighted by Crippen LogP contribution is -2.14. The highest BCUT2D eigenvalue weighted by atomic mass is 16.2. The minimum Gasteiger partial charge on any atom is -0.326 e. The predicted octanol–water partition coefficient (Wildman–Crippen LogP) is 4.19. The van der Waals surface area contributed by atoms with E-state index in [0.29, 0.717) is 11.3 Å². The van der Waals surface area contributed by atoms with Gasteiger partial charge in [-0.1, -0.05) is 24.6 Å². The molecule has 30 heavy (non-hydrogen) atoms. The number of amides is 2. The number of fused-ring (bicyclic) bond motifs is 1. The van der Waals surface area contributed by atoms with E-state index in [-0.39, 0.29) is 11.8 Å². The Balaban J connectivity index is 1.60. The third-order valence-corrected chi connectivity index (χ3v) is 5.30. The highest BCUT2D eigenvalue weighted by Gasteiger charge is 2.17. The van der Waals surface area contributed by atoms with E-state index in [1.807, 2.05) is 25.1 Å². The highest BCUT2D eigenvalue weighted by Crippen LogP contribution is 2.27. The van der Waals surface area contributed by atoms with Crippen LogP contribution in [-0.2, 0) is 17.8 Å². The number of nitrogens with one attached hydrogen (secondary N) is 2. The molecular weight excluding hydrogens is 378 g/mol. The van der Waals surface area contributed by atoms with Crippen LogP contribution in [0.3, 0.4) is 0 Å². The SMILES string of the molecule is CC(=O)Nc1cccc(C(=O)Nc2cc(-c3nnc4n3CCCCC4)ccc2C)c1. The quantitative estimate of drug-likeness (QED) is 0.684. The Kier molecular flexibility index (Phi) is 5.61. The Hall–Kier alpha value is -3.48. The first-order valence-corrected chi connectivity index (χ1v) is 10.2. The molecule has 0 saturated heterocycles. The van der Waals surface area contributed by atoms with Gasteiger partial charge in [0.15, 0.2) is 5.82 Å². The molecule has 0 aliphatic carbocycles. The summed E-state index contributed by atoms with van der Waals surface area (Å²) in [6, 6.07) is 12.8. The Morgan fingerprint density at radius 2 is 1.87 bits per heavy atom. The molecule has 0 spiro atoms. The van der Waals surface area contributed by atoms with Crippen LogP contribution in [-0.4, -0.2) is 26.6 Å². The molecule has 3 aromatic rings. The van der Waals surface area contributed by atoms with Gasteiger partial charge in [0.1, 0.15) is 5.82 Å². The summed E-state index contributed by atoms with van der Waals surface area (Å²) in [5.74, 6) is 1.46. The molecule has 1 aliphatic heterocycles. The fourth-order valence-electron chi connectivity index (χ4n) is 3.73. The zero-order chi connectivity index (χ0) is 21.1. The molecule has 0 atom stereocenters. The van der Waals surface area contributed by atoms with Crippen LogP contribution >= 0.6 is 0 Å². The minimum atomic E-state index is -0.234. The summed E-state index contributed by atoms with van der Waals surface area (Å²) < 4.78 is 2.19. The van der Waals surface area contributed by atoms with Crippen molar-refractivity contribution in [2.45, 2.75) is 46.1 Å². The van der Waals surface area contributed by atoms with E-state index in [1.165, 1.54) is 13.3 Å². The van der Waals surface area contributed by atoms with Crippen molar-refractivity contribution in [3.05, 3.63) is 59.4 Å². The maximum Gasteiger partial charge on any atom is 0.255 e. The van der Waals surface area contributed by atoms with Gasteiger partial charge in [0.25, 0.3) is 5.91 Å². The van der Waals surface area contributed by atoms with Crippen LogP contribution in [0.1, 0.15) is 47.9 Å². The first kappa shape index (κ1) is 19.8. The summed E-state index contributed by atoms with van der Waals surface area (Å²) in [6.45, 7) is 4.31. The second-order valence-corrected chi connectivity index (χ2v) is 7.65. The molecule has 7 nitrogen and oxygen atoms in total. The number of hydrogen-bond acceptors (Lipinski definition) is 4. The summed E-state index contributed by atoms with van der Waals surface area (Å²) in [5, 5.41) is 14.5. The standard InChI is InChI=1S/C23H25N5O2/c1-15-10-11-17(22-27-26-21-9-4-3-5-12-28(21)22)14-20(15)25-23(30)18-7-6-8-19(13-18)24-16(2)29/h6-8,10-11,13-14H,3-5,9,12H2,1-2H3,(H,24,29)(H,25,30). The first-order valence-electron chi connectivity index (χ1n) is 10.2. The van der Waals surface area contributed by atoms with Crippen LogP contribution in [0, 0.1) is 6.92 Å². The summed E-state index contributed by atoms with van der Waals surface area (Å²) in [4.78, 5) is 24.1. The molecule has 2 aromatic carbocycles. The van der Waals surface area contributed by atoms with Gasteiger partial charge in [0, 0.05) is 42.4 Å². The maximum atomic E-state index is 12.8. The van der Waals surface area contributed by atoms with Crippen LogP contribution in [0.5, 0.6) is 0 Å². The number of rotatable bonds is 4. The lowest BCUT2D eigenvalue weighted by atomic mass is 10.1. The monoisotopic (exact) mass is 403 g/mol. The van der Waals surface area contributed by atoms with E-state index in [1.54, 1.807) is 24.3 Å². The van der Waals surface area contributed by atoms with E-state index >= 15 is 0 Å². The molecule has 7 heteroatoms. The average Bonchev–Trinajstić information content (AvgIpc) is 2.97. The first-order chi connectivity index (χ1) is 14.5. The molecule has 0 unspecified atom stereocenters. The second kappa shape index (κ2) is 8.49. The predicted molar refractivity (Wildman–Crippen MR) is 116 cm³/mol. The van der Waals surface area contributed by atoms with Crippen LogP contribution in [0.25, 0.3) is 11.4 Å². The van der Waals surface area contributed by atoms with Crippen molar-refractivity contribution in [3.8, 4) is 11.4 Å².